The van der Waals surface area contributed by atoms with Crippen LogP contribution in [-0.4, -0.2) is 27.8 Å². The fourth-order valence-corrected chi connectivity index (χ4v) is 2.83. The number of aromatic hydroxyl groups is 1. The maximum absolute atomic E-state index is 11.0. The van der Waals surface area contributed by atoms with E-state index in [2.05, 4.69) is 4.98 Å². The molecule has 2 heterocycles. The second kappa shape index (κ2) is 3.99. The largest absolute Gasteiger partial charge is 0.508 e. The second-order valence-electron chi connectivity index (χ2n) is 5.11. The lowest BCUT2D eigenvalue weighted by Gasteiger charge is -2.32. The first-order valence-corrected chi connectivity index (χ1v) is 6.19. The molecule has 5 nitrogen and oxygen atoms in total. The van der Waals surface area contributed by atoms with Gasteiger partial charge in [0.2, 0.25) is 0 Å². The highest BCUT2D eigenvalue weighted by atomic mass is 16.5. The molecule has 2 aromatic rings. The normalized spacial score (nSPS) is 22.4. The van der Waals surface area contributed by atoms with E-state index in [0.717, 1.165) is 22.2 Å². The number of benzene rings is 1. The zero-order chi connectivity index (χ0) is 13.6. The average molecular weight is 261 g/mol. The maximum atomic E-state index is 11.0. The lowest BCUT2D eigenvalue weighted by atomic mass is 9.90. The summed E-state index contributed by atoms with van der Waals surface area (Å²) in [5.74, 6) is -0.683. The van der Waals surface area contributed by atoms with E-state index >= 15 is 0 Å². The van der Waals surface area contributed by atoms with Crippen LogP contribution in [0.15, 0.2) is 18.2 Å². The van der Waals surface area contributed by atoms with Crippen molar-refractivity contribution in [2.45, 2.75) is 25.4 Å². The topological polar surface area (TPSA) is 82.5 Å². The summed E-state index contributed by atoms with van der Waals surface area (Å²) in [4.78, 5) is 14.3. The molecule has 0 bridgehead atoms. The Balaban J connectivity index is 2.20. The summed E-state index contributed by atoms with van der Waals surface area (Å²) in [6, 6.07) is 5.11. The molecule has 0 fully saturated rings. The van der Waals surface area contributed by atoms with Gasteiger partial charge in [-0.1, -0.05) is 0 Å². The van der Waals surface area contributed by atoms with E-state index < -0.39 is 11.6 Å². The van der Waals surface area contributed by atoms with Crippen LogP contribution in [0.25, 0.3) is 10.9 Å². The van der Waals surface area contributed by atoms with Crippen molar-refractivity contribution in [1.82, 2.24) is 4.98 Å². The molecule has 3 N–H and O–H groups in total. The minimum absolute atomic E-state index is 0.0845. The van der Waals surface area contributed by atoms with Crippen molar-refractivity contribution in [3.8, 4) is 5.75 Å². The van der Waals surface area contributed by atoms with Crippen LogP contribution in [0.5, 0.6) is 5.75 Å². The smallest absolute Gasteiger partial charge is 0.306 e. The van der Waals surface area contributed by atoms with Crippen molar-refractivity contribution in [1.29, 1.82) is 0 Å². The van der Waals surface area contributed by atoms with Crippen molar-refractivity contribution in [2.24, 2.45) is 0 Å². The Morgan fingerprint density at radius 2 is 2.32 bits per heavy atom. The van der Waals surface area contributed by atoms with Crippen LogP contribution in [0.3, 0.4) is 0 Å². The lowest BCUT2D eigenvalue weighted by Crippen LogP contribution is -2.34. The van der Waals surface area contributed by atoms with E-state index in [1.165, 1.54) is 0 Å². The van der Waals surface area contributed by atoms with Crippen LogP contribution >= 0.6 is 0 Å². The van der Waals surface area contributed by atoms with Crippen LogP contribution in [0.2, 0.25) is 0 Å². The number of aliphatic carboxylic acids is 1. The van der Waals surface area contributed by atoms with Crippen LogP contribution in [0.4, 0.5) is 0 Å². The van der Waals surface area contributed by atoms with Crippen molar-refractivity contribution in [3.05, 3.63) is 29.5 Å². The van der Waals surface area contributed by atoms with E-state index in [0.29, 0.717) is 13.0 Å². The molecule has 0 aliphatic carbocycles. The number of hydrogen-bond donors (Lipinski definition) is 3. The number of aromatic amines is 1. The van der Waals surface area contributed by atoms with Crippen LogP contribution < -0.4 is 0 Å². The first-order chi connectivity index (χ1) is 8.99. The molecule has 0 amide bonds. The van der Waals surface area contributed by atoms with E-state index in [4.69, 9.17) is 9.84 Å². The first-order valence-electron chi connectivity index (χ1n) is 6.19. The minimum Gasteiger partial charge on any atom is -0.508 e. The predicted octanol–water partition coefficient (Wildman–Crippen LogP) is 2.14. The Morgan fingerprint density at radius 3 is 3.05 bits per heavy atom. The predicted molar refractivity (Wildman–Crippen MR) is 69.2 cm³/mol. The Hall–Kier alpha value is -2.01. The number of H-pyrrole nitrogens is 1. The van der Waals surface area contributed by atoms with Gasteiger partial charge in [-0.05, 0) is 37.1 Å². The number of phenols is 1. The zero-order valence-electron chi connectivity index (χ0n) is 10.6. The maximum Gasteiger partial charge on any atom is 0.306 e. The Bertz CT molecular complexity index is 661. The zero-order valence-corrected chi connectivity index (χ0v) is 10.6. The van der Waals surface area contributed by atoms with Crippen LogP contribution in [0.1, 0.15) is 24.6 Å². The third kappa shape index (κ3) is 1.86. The van der Waals surface area contributed by atoms with Gasteiger partial charge in [-0.15, -0.1) is 0 Å². The van der Waals surface area contributed by atoms with Crippen LogP contribution in [0, 0.1) is 0 Å². The van der Waals surface area contributed by atoms with Crippen molar-refractivity contribution in [3.63, 3.8) is 0 Å². The number of nitrogens with one attached hydrogen (secondary N) is 1. The third-order valence-electron chi connectivity index (χ3n) is 3.68. The monoisotopic (exact) mass is 261 g/mol. The summed E-state index contributed by atoms with van der Waals surface area (Å²) < 4.78 is 5.69. The lowest BCUT2D eigenvalue weighted by molar-refractivity contribution is -0.146. The van der Waals surface area contributed by atoms with Crippen molar-refractivity contribution < 1.29 is 19.7 Å². The van der Waals surface area contributed by atoms with Crippen molar-refractivity contribution in [2.75, 3.05) is 6.61 Å². The van der Waals surface area contributed by atoms with Gasteiger partial charge in [-0.3, -0.25) is 4.79 Å². The average Bonchev–Trinajstić information content (AvgIpc) is 2.68. The Morgan fingerprint density at radius 1 is 1.53 bits per heavy atom. The van der Waals surface area contributed by atoms with Gasteiger partial charge in [-0.25, -0.2) is 0 Å². The molecule has 1 unspecified atom stereocenters. The first kappa shape index (κ1) is 12.0. The van der Waals surface area contributed by atoms with Gasteiger partial charge in [0, 0.05) is 10.9 Å². The molecule has 0 spiro atoms. The number of rotatable bonds is 2. The molecule has 0 radical (unpaired) electrons. The number of aromatic nitrogens is 1. The van der Waals surface area contributed by atoms with Crippen molar-refractivity contribution >= 4 is 16.9 Å². The van der Waals surface area contributed by atoms with Gasteiger partial charge < -0.3 is 19.9 Å². The number of hydrogen-bond acceptors (Lipinski definition) is 3. The van der Waals surface area contributed by atoms with E-state index in [9.17, 15) is 9.90 Å². The molecular weight excluding hydrogens is 246 g/mol. The van der Waals surface area contributed by atoms with Gasteiger partial charge in [0.1, 0.15) is 11.4 Å². The molecule has 1 aromatic heterocycles. The van der Waals surface area contributed by atoms with Gasteiger partial charge in [0.15, 0.2) is 0 Å². The van der Waals surface area contributed by atoms with Gasteiger partial charge in [0.25, 0.3) is 0 Å². The van der Waals surface area contributed by atoms with E-state index in [1.54, 1.807) is 25.1 Å². The summed E-state index contributed by atoms with van der Waals surface area (Å²) >= 11 is 0. The molecule has 0 saturated heterocycles. The summed E-state index contributed by atoms with van der Waals surface area (Å²) in [5, 5.41) is 19.6. The van der Waals surface area contributed by atoms with E-state index in [1.807, 2.05) is 0 Å². The summed E-state index contributed by atoms with van der Waals surface area (Å²) in [5.41, 5.74) is 1.90. The molecule has 3 rings (SSSR count). The van der Waals surface area contributed by atoms with Gasteiger partial charge in [0.05, 0.1) is 18.7 Å². The number of ether oxygens (including phenoxy) is 1. The SMILES string of the molecule is CC1(CC(=O)O)OCCc2c1[nH]c1ccc(O)cc21. The third-order valence-corrected chi connectivity index (χ3v) is 3.68. The molecule has 5 heteroatoms. The fraction of sp³-hybridized carbons (Fsp3) is 0.357. The summed E-state index contributed by atoms with van der Waals surface area (Å²) in [6.07, 6.45) is 0.632. The van der Waals surface area contributed by atoms with Gasteiger partial charge in [-0.2, -0.15) is 0 Å². The summed E-state index contributed by atoms with van der Waals surface area (Å²) in [7, 11) is 0. The second-order valence-corrected chi connectivity index (χ2v) is 5.11. The minimum atomic E-state index is -0.892. The van der Waals surface area contributed by atoms with E-state index in [-0.39, 0.29) is 12.2 Å². The highest BCUT2D eigenvalue weighted by Gasteiger charge is 2.38. The molecule has 1 aliphatic heterocycles. The molecular formula is C14H15NO4. The standard InChI is InChI=1S/C14H15NO4/c1-14(7-12(17)18)13-9(4-5-19-14)10-6-8(16)2-3-11(10)15-13/h2-3,6,15-16H,4-5,7H2,1H3,(H,17,18). The highest BCUT2D eigenvalue weighted by Crippen LogP contribution is 2.39. The summed E-state index contributed by atoms with van der Waals surface area (Å²) in [6.45, 7) is 2.27. The molecule has 1 aromatic carbocycles. The van der Waals surface area contributed by atoms with Gasteiger partial charge >= 0.3 is 5.97 Å². The number of carboxylic acid groups (broad SMARTS) is 1. The Labute approximate surface area is 109 Å². The fourth-order valence-electron chi connectivity index (χ4n) is 2.83. The molecule has 100 valence electrons. The van der Waals surface area contributed by atoms with Crippen LogP contribution in [-0.2, 0) is 21.6 Å². The number of carboxylic acids is 1. The molecule has 0 saturated carbocycles. The molecule has 19 heavy (non-hydrogen) atoms. The Kier molecular flexibility index (Phi) is 2.53. The quantitative estimate of drug-likeness (QED) is 0.773. The number of phenolic OH excluding ortho intramolecular Hbond substituents is 1. The number of carbonyl (C=O) groups is 1. The highest BCUT2D eigenvalue weighted by molar-refractivity contribution is 5.87. The molecule has 1 atom stereocenters. The number of fused-ring (bicyclic) bond motifs is 3. The molecule has 1 aliphatic rings.